The average molecular weight is 237 g/mol. The molecular weight excluding hydrogens is 212 g/mol. The minimum Gasteiger partial charge on any atom is -0.206 e. The summed E-state index contributed by atoms with van der Waals surface area (Å²) in [5, 5.41) is 6.77. The van der Waals surface area contributed by atoms with Crippen LogP contribution in [0.4, 0.5) is 0 Å². The molecule has 1 heteroatoms. The number of rotatable bonds is 4. The van der Waals surface area contributed by atoms with E-state index in [1.165, 1.54) is 44.9 Å². The number of hydrogen-bond acceptors (Lipinski definition) is 0. The Morgan fingerprint density at radius 3 is 2.69 bits per heavy atom. The van der Waals surface area contributed by atoms with E-state index in [1.807, 2.05) is 5.25 Å². The van der Waals surface area contributed by atoms with Crippen LogP contribution in [0.2, 0.25) is 0 Å². The fourth-order valence-electron chi connectivity index (χ4n) is 3.05. The first-order chi connectivity index (χ1) is 7.76. The lowest BCUT2D eigenvalue weighted by Gasteiger charge is -2.44. The molecule has 1 radical (unpaired) electrons. The van der Waals surface area contributed by atoms with Crippen LogP contribution in [0.25, 0.3) is 0 Å². The summed E-state index contributed by atoms with van der Waals surface area (Å²) in [4.78, 5) is 0. The first kappa shape index (κ1) is 12.3. The van der Waals surface area contributed by atoms with Crippen LogP contribution in [0.15, 0.2) is 23.0 Å². The predicted molar refractivity (Wildman–Crippen MR) is 76.6 cm³/mol. The molecule has 1 saturated carbocycles. The Morgan fingerprint density at radius 1 is 1.25 bits per heavy atom. The summed E-state index contributed by atoms with van der Waals surface area (Å²) in [6.45, 7) is 4.84. The van der Waals surface area contributed by atoms with E-state index in [2.05, 4.69) is 36.8 Å². The molecule has 0 saturated heterocycles. The number of unbranched alkanes of at least 4 members (excludes halogenated alkanes) is 1. The Kier molecular flexibility index (Phi) is 4.18. The van der Waals surface area contributed by atoms with Crippen molar-refractivity contribution in [2.45, 2.75) is 58.8 Å². The second-order valence-corrected chi connectivity index (χ2v) is 7.36. The summed E-state index contributed by atoms with van der Waals surface area (Å²) < 4.78 is 0. The van der Waals surface area contributed by atoms with Crippen molar-refractivity contribution < 1.29 is 0 Å². The molecule has 1 fully saturated rings. The van der Waals surface area contributed by atoms with E-state index in [0.29, 0.717) is 5.41 Å². The summed E-state index contributed by atoms with van der Waals surface area (Å²) >= 11 is 0. The van der Waals surface area contributed by atoms with Crippen LogP contribution in [0.5, 0.6) is 0 Å². The second-order valence-electron chi connectivity index (χ2n) is 5.41. The van der Waals surface area contributed by atoms with Crippen LogP contribution in [0, 0.1) is 10.7 Å². The molecule has 0 amide bonds. The molecule has 2 rings (SSSR count). The van der Waals surface area contributed by atoms with Gasteiger partial charge in [0.1, 0.15) is 0 Å². The lowest BCUT2D eigenvalue weighted by molar-refractivity contribution is 0.255. The summed E-state index contributed by atoms with van der Waals surface area (Å²) in [5.41, 5.74) is 0.555. The van der Waals surface area contributed by atoms with Crippen molar-refractivity contribution in [1.29, 1.82) is 0 Å². The fourth-order valence-corrected chi connectivity index (χ4v) is 5.34. The summed E-state index contributed by atoms with van der Waals surface area (Å²) in [7, 11) is -0.0122. The molecule has 0 nitrogen and oxygen atoms in total. The molecule has 1 atom stereocenters. The molecule has 0 bridgehead atoms. The number of thiol groups is 1. The van der Waals surface area contributed by atoms with Crippen LogP contribution < -0.4 is 0 Å². The van der Waals surface area contributed by atoms with Gasteiger partial charge >= 0.3 is 0 Å². The summed E-state index contributed by atoms with van der Waals surface area (Å²) in [5.74, 6) is 0. The van der Waals surface area contributed by atoms with E-state index in [9.17, 15) is 0 Å². The summed E-state index contributed by atoms with van der Waals surface area (Å²) in [6, 6.07) is 0. The SMILES string of the molecule is CCCCC1(C)CCCC[C]1[SH]1C=CC=C1. The molecule has 1 unspecified atom stereocenters. The highest BCUT2D eigenvalue weighted by molar-refractivity contribution is 8.24. The monoisotopic (exact) mass is 237 g/mol. The van der Waals surface area contributed by atoms with E-state index < -0.39 is 0 Å². The molecule has 0 N–H and O–H groups in total. The van der Waals surface area contributed by atoms with E-state index in [4.69, 9.17) is 0 Å². The van der Waals surface area contributed by atoms with Gasteiger partial charge in [-0.2, -0.15) is 0 Å². The van der Waals surface area contributed by atoms with Crippen molar-refractivity contribution in [3.8, 4) is 0 Å². The Bertz CT molecular complexity index is 267. The molecular formula is C15H25S. The van der Waals surface area contributed by atoms with Gasteiger partial charge in [0.05, 0.1) is 0 Å². The van der Waals surface area contributed by atoms with Gasteiger partial charge in [-0.25, -0.2) is 10.9 Å². The molecule has 0 aromatic carbocycles. The third-order valence-electron chi connectivity index (χ3n) is 4.09. The van der Waals surface area contributed by atoms with Gasteiger partial charge in [0, 0.05) is 5.25 Å². The topological polar surface area (TPSA) is 0 Å². The molecule has 1 aliphatic heterocycles. The van der Waals surface area contributed by atoms with E-state index >= 15 is 0 Å². The Morgan fingerprint density at radius 2 is 2.00 bits per heavy atom. The van der Waals surface area contributed by atoms with Gasteiger partial charge in [0.15, 0.2) is 0 Å². The van der Waals surface area contributed by atoms with Gasteiger partial charge in [0.25, 0.3) is 0 Å². The lowest BCUT2D eigenvalue weighted by atomic mass is 9.72. The Balaban J connectivity index is 2.06. The minimum atomic E-state index is -0.0122. The van der Waals surface area contributed by atoms with Crippen molar-refractivity contribution in [2.24, 2.45) is 5.41 Å². The highest BCUT2D eigenvalue weighted by atomic mass is 32.2. The summed E-state index contributed by atoms with van der Waals surface area (Å²) in [6.07, 6.45) is 14.3. The van der Waals surface area contributed by atoms with Crippen LogP contribution in [-0.2, 0) is 0 Å². The molecule has 1 heterocycles. The normalized spacial score (nSPS) is 32.5. The van der Waals surface area contributed by atoms with E-state index in [1.54, 1.807) is 0 Å². The van der Waals surface area contributed by atoms with Crippen LogP contribution in [-0.4, -0.2) is 0 Å². The highest BCUT2D eigenvalue weighted by Crippen LogP contribution is 2.60. The van der Waals surface area contributed by atoms with Gasteiger partial charge in [-0.3, -0.25) is 0 Å². The third kappa shape index (κ3) is 2.56. The van der Waals surface area contributed by atoms with Crippen LogP contribution in [0.3, 0.4) is 0 Å². The van der Waals surface area contributed by atoms with Gasteiger partial charge in [-0.1, -0.05) is 51.7 Å². The second kappa shape index (κ2) is 5.44. The zero-order valence-electron chi connectivity index (χ0n) is 10.7. The maximum Gasteiger partial charge on any atom is 0.0239 e. The van der Waals surface area contributed by atoms with Crippen molar-refractivity contribution in [1.82, 2.24) is 0 Å². The largest absolute Gasteiger partial charge is 0.206 e. The molecule has 16 heavy (non-hydrogen) atoms. The van der Waals surface area contributed by atoms with Gasteiger partial charge < -0.3 is 0 Å². The van der Waals surface area contributed by atoms with Gasteiger partial charge in [-0.15, -0.1) is 0 Å². The Labute approximate surface area is 104 Å². The molecule has 0 aromatic rings. The molecule has 91 valence electrons. The number of allylic oxidation sites excluding steroid dienone is 2. The average Bonchev–Trinajstić information content (AvgIpc) is 2.80. The van der Waals surface area contributed by atoms with Crippen molar-refractivity contribution in [3.63, 3.8) is 0 Å². The maximum absolute atomic E-state index is 2.53. The van der Waals surface area contributed by atoms with Gasteiger partial charge in [-0.05, 0) is 35.5 Å². The standard InChI is InChI=1S/C15H25S/c1-3-4-10-15(2)11-6-5-9-14(15)16-12-7-8-13-16/h7-8,12-13,16H,3-6,9-11H2,1-2H3. The minimum absolute atomic E-state index is 0.0122. The van der Waals surface area contributed by atoms with Crippen molar-refractivity contribution in [2.75, 3.05) is 0 Å². The predicted octanol–water partition coefficient (Wildman–Crippen LogP) is 5.33. The van der Waals surface area contributed by atoms with Crippen LogP contribution >= 0.6 is 10.9 Å². The van der Waals surface area contributed by atoms with E-state index in [0.717, 1.165) is 0 Å². The Hall–Kier alpha value is -0.170. The van der Waals surface area contributed by atoms with Crippen molar-refractivity contribution >= 4 is 10.9 Å². The molecule has 0 aromatic heterocycles. The fraction of sp³-hybridized carbons (Fsp3) is 0.667. The first-order valence-corrected chi connectivity index (χ1v) is 8.24. The van der Waals surface area contributed by atoms with Crippen molar-refractivity contribution in [3.05, 3.63) is 28.2 Å². The molecule has 0 spiro atoms. The number of hydrogen-bond donors (Lipinski definition) is 1. The van der Waals surface area contributed by atoms with E-state index in [-0.39, 0.29) is 10.9 Å². The highest BCUT2D eigenvalue weighted by Gasteiger charge is 2.38. The zero-order chi connectivity index (χ0) is 11.4. The third-order valence-corrected chi connectivity index (χ3v) is 6.46. The quantitative estimate of drug-likeness (QED) is 0.628. The lowest BCUT2D eigenvalue weighted by Crippen LogP contribution is -2.28. The first-order valence-electron chi connectivity index (χ1n) is 6.76. The smallest absolute Gasteiger partial charge is 0.0239 e. The zero-order valence-corrected chi connectivity index (χ0v) is 11.6. The molecule has 2 aliphatic rings. The van der Waals surface area contributed by atoms with Crippen LogP contribution in [0.1, 0.15) is 58.8 Å². The van der Waals surface area contributed by atoms with Gasteiger partial charge in [0.2, 0.25) is 0 Å². The molecule has 1 aliphatic carbocycles. The maximum atomic E-state index is 2.53.